The summed E-state index contributed by atoms with van der Waals surface area (Å²) in [5.74, 6) is -0.0903. The smallest absolute Gasteiger partial charge is 0.257 e. The zero-order valence-corrected chi connectivity index (χ0v) is 8.50. The summed E-state index contributed by atoms with van der Waals surface area (Å²) in [7, 11) is 0. The third-order valence-corrected chi connectivity index (χ3v) is 2.32. The van der Waals surface area contributed by atoms with Gasteiger partial charge in [-0.05, 0) is 26.0 Å². The van der Waals surface area contributed by atoms with E-state index in [1.54, 1.807) is 25.3 Å². The first-order chi connectivity index (χ1) is 7.11. The highest BCUT2D eigenvalue weighted by Gasteiger charge is 2.12. The van der Waals surface area contributed by atoms with E-state index in [9.17, 15) is 9.59 Å². The standard InChI is InChI=1S/C11H10N2O2/c1-6-9(7(2)14)10-8(11(15)13-6)4-3-5-12-10/h3-5H,1-2H3,(H,13,15). The molecule has 0 aliphatic heterocycles. The molecule has 0 atom stereocenters. The summed E-state index contributed by atoms with van der Waals surface area (Å²) in [5.41, 5.74) is 1.33. The monoisotopic (exact) mass is 202 g/mol. The number of ketones is 1. The van der Waals surface area contributed by atoms with Crippen LogP contribution in [-0.4, -0.2) is 15.8 Å². The van der Waals surface area contributed by atoms with Gasteiger partial charge in [-0.2, -0.15) is 0 Å². The molecule has 1 N–H and O–H groups in total. The van der Waals surface area contributed by atoms with Gasteiger partial charge in [-0.1, -0.05) is 0 Å². The molecule has 0 radical (unpaired) electrons. The highest BCUT2D eigenvalue weighted by atomic mass is 16.1. The fourth-order valence-corrected chi connectivity index (χ4v) is 1.70. The number of nitrogens with zero attached hydrogens (tertiary/aromatic N) is 1. The predicted octanol–water partition coefficient (Wildman–Crippen LogP) is 1.43. The van der Waals surface area contributed by atoms with Crippen molar-refractivity contribution in [1.82, 2.24) is 9.97 Å². The largest absolute Gasteiger partial charge is 0.325 e. The molecule has 0 aliphatic carbocycles. The minimum Gasteiger partial charge on any atom is -0.325 e. The number of pyridine rings is 2. The van der Waals surface area contributed by atoms with Crippen LogP contribution >= 0.6 is 0 Å². The summed E-state index contributed by atoms with van der Waals surface area (Å²) in [6, 6.07) is 3.34. The van der Waals surface area contributed by atoms with Crippen molar-refractivity contribution in [3.63, 3.8) is 0 Å². The summed E-state index contributed by atoms with van der Waals surface area (Å²) in [6.45, 7) is 3.17. The number of fused-ring (bicyclic) bond motifs is 1. The number of rotatable bonds is 1. The molecule has 76 valence electrons. The van der Waals surface area contributed by atoms with Crippen LogP contribution in [0.4, 0.5) is 0 Å². The average molecular weight is 202 g/mol. The van der Waals surface area contributed by atoms with Gasteiger partial charge in [0.25, 0.3) is 5.56 Å². The fourth-order valence-electron chi connectivity index (χ4n) is 1.70. The Morgan fingerprint density at radius 1 is 1.47 bits per heavy atom. The van der Waals surface area contributed by atoms with Gasteiger partial charge in [-0.25, -0.2) is 0 Å². The van der Waals surface area contributed by atoms with E-state index in [0.29, 0.717) is 22.2 Å². The maximum Gasteiger partial charge on any atom is 0.257 e. The molecule has 0 aromatic carbocycles. The molecule has 0 saturated carbocycles. The summed E-state index contributed by atoms with van der Waals surface area (Å²) in [6.07, 6.45) is 1.58. The van der Waals surface area contributed by atoms with Crippen LogP contribution in [-0.2, 0) is 0 Å². The summed E-state index contributed by atoms with van der Waals surface area (Å²) in [4.78, 5) is 29.7. The molecular weight excluding hydrogens is 192 g/mol. The SMILES string of the molecule is CC(=O)c1c(C)[nH]c(=O)c2cccnc12. The molecule has 15 heavy (non-hydrogen) atoms. The second-order valence-electron chi connectivity index (χ2n) is 3.41. The Bertz CT molecular complexity index is 599. The summed E-state index contributed by atoms with van der Waals surface area (Å²) in [5, 5.41) is 0.452. The van der Waals surface area contributed by atoms with Crippen molar-refractivity contribution in [1.29, 1.82) is 0 Å². The van der Waals surface area contributed by atoms with Crippen molar-refractivity contribution in [2.24, 2.45) is 0 Å². The van der Waals surface area contributed by atoms with Crippen LogP contribution in [0, 0.1) is 6.92 Å². The van der Waals surface area contributed by atoms with Crippen LogP contribution in [0.1, 0.15) is 23.0 Å². The van der Waals surface area contributed by atoms with E-state index in [1.807, 2.05) is 0 Å². The lowest BCUT2D eigenvalue weighted by atomic mass is 10.1. The number of Topliss-reactive ketones (excluding diaryl/α,β-unsaturated/α-hetero) is 1. The first-order valence-corrected chi connectivity index (χ1v) is 4.60. The van der Waals surface area contributed by atoms with Crippen LogP contribution in [0.15, 0.2) is 23.1 Å². The Labute approximate surface area is 86.0 Å². The molecule has 4 nitrogen and oxygen atoms in total. The van der Waals surface area contributed by atoms with E-state index in [2.05, 4.69) is 9.97 Å². The van der Waals surface area contributed by atoms with Crippen molar-refractivity contribution in [2.45, 2.75) is 13.8 Å². The van der Waals surface area contributed by atoms with Gasteiger partial charge < -0.3 is 4.98 Å². The quantitative estimate of drug-likeness (QED) is 0.711. The number of H-pyrrole nitrogens is 1. The van der Waals surface area contributed by atoms with E-state index in [1.165, 1.54) is 6.92 Å². The average Bonchev–Trinajstić information content (AvgIpc) is 2.17. The third kappa shape index (κ3) is 1.44. The van der Waals surface area contributed by atoms with Gasteiger partial charge in [-0.3, -0.25) is 14.6 Å². The number of carbonyl (C=O) groups excluding carboxylic acids is 1. The molecule has 2 rings (SSSR count). The van der Waals surface area contributed by atoms with Crippen LogP contribution in [0.25, 0.3) is 10.9 Å². The minimum atomic E-state index is -0.208. The first-order valence-electron chi connectivity index (χ1n) is 4.60. The number of hydrogen-bond acceptors (Lipinski definition) is 3. The predicted molar refractivity (Wildman–Crippen MR) is 57.1 cm³/mol. The molecule has 0 spiro atoms. The molecule has 4 heteroatoms. The molecule has 0 saturated heterocycles. The zero-order chi connectivity index (χ0) is 11.0. The van der Waals surface area contributed by atoms with Gasteiger partial charge in [0.1, 0.15) is 0 Å². The molecule has 0 amide bonds. The van der Waals surface area contributed by atoms with Crippen molar-refractivity contribution in [3.8, 4) is 0 Å². The molecule has 0 fully saturated rings. The van der Waals surface area contributed by atoms with Crippen LogP contribution in [0.5, 0.6) is 0 Å². The second kappa shape index (κ2) is 3.31. The van der Waals surface area contributed by atoms with Gasteiger partial charge in [0, 0.05) is 11.9 Å². The first kappa shape index (κ1) is 9.58. The number of aromatic nitrogens is 2. The van der Waals surface area contributed by atoms with Gasteiger partial charge >= 0.3 is 0 Å². The van der Waals surface area contributed by atoms with E-state index in [4.69, 9.17) is 0 Å². The molecule has 0 aliphatic rings. The van der Waals surface area contributed by atoms with E-state index in [0.717, 1.165) is 0 Å². The molecular formula is C11H10N2O2. The van der Waals surface area contributed by atoms with E-state index < -0.39 is 0 Å². The Kier molecular flexibility index (Phi) is 2.11. The van der Waals surface area contributed by atoms with Crippen LogP contribution in [0.2, 0.25) is 0 Å². The normalized spacial score (nSPS) is 10.5. The number of hydrogen-bond donors (Lipinski definition) is 1. The maximum absolute atomic E-state index is 11.6. The number of aromatic amines is 1. The molecule has 2 heterocycles. The Hall–Kier alpha value is -1.97. The maximum atomic E-state index is 11.6. The van der Waals surface area contributed by atoms with Crippen molar-refractivity contribution < 1.29 is 4.79 Å². The third-order valence-electron chi connectivity index (χ3n) is 2.32. The lowest BCUT2D eigenvalue weighted by Crippen LogP contribution is -2.13. The van der Waals surface area contributed by atoms with Crippen LogP contribution in [0.3, 0.4) is 0 Å². The van der Waals surface area contributed by atoms with Gasteiger partial charge in [-0.15, -0.1) is 0 Å². The Morgan fingerprint density at radius 2 is 2.20 bits per heavy atom. The number of carbonyl (C=O) groups is 1. The van der Waals surface area contributed by atoms with E-state index >= 15 is 0 Å². The highest BCUT2D eigenvalue weighted by Crippen LogP contribution is 2.15. The van der Waals surface area contributed by atoms with Gasteiger partial charge in [0.05, 0.1) is 16.5 Å². The lowest BCUT2D eigenvalue weighted by Gasteiger charge is -2.04. The van der Waals surface area contributed by atoms with Crippen LogP contribution < -0.4 is 5.56 Å². The zero-order valence-electron chi connectivity index (χ0n) is 8.50. The van der Waals surface area contributed by atoms with Crippen molar-refractivity contribution in [2.75, 3.05) is 0 Å². The van der Waals surface area contributed by atoms with Gasteiger partial charge in [0.2, 0.25) is 0 Å². The topological polar surface area (TPSA) is 62.8 Å². The molecule has 0 bridgehead atoms. The number of nitrogens with one attached hydrogen (secondary N) is 1. The summed E-state index contributed by atoms with van der Waals surface area (Å²) >= 11 is 0. The summed E-state index contributed by atoms with van der Waals surface area (Å²) < 4.78 is 0. The second-order valence-corrected chi connectivity index (χ2v) is 3.41. The van der Waals surface area contributed by atoms with Crippen molar-refractivity contribution >= 4 is 16.7 Å². The van der Waals surface area contributed by atoms with Crippen molar-refractivity contribution in [3.05, 3.63) is 39.9 Å². The van der Waals surface area contributed by atoms with Gasteiger partial charge in [0.15, 0.2) is 5.78 Å². The minimum absolute atomic E-state index is 0.0903. The number of aryl methyl sites for hydroxylation is 1. The molecule has 2 aromatic heterocycles. The highest BCUT2D eigenvalue weighted by molar-refractivity contribution is 6.05. The van der Waals surface area contributed by atoms with E-state index in [-0.39, 0.29) is 11.3 Å². The fraction of sp³-hybridized carbons (Fsp3) is 0.182. The lowest BCUT2D eigenvalue weighted by molar-refractivity contribution is 0.101. The molecule has 2 aromatic rings. The Balaban J connectivity index is 3.03. The Morgan fingerprint density at radius 3 is 2.87 bits per heavy atom. The molecule has 0 unspecified atom stereocenters.